The van der Waals surface area contributed by atoms with Gasteiger partial charge in [0.2, 0.25) is 5.91 Å². The van der Waals surface area contributed by atoms with Crippen LogP contribution in [0.25, 0.3) is 0 Å². The molecule has 1 saturated carbocycles. The van der Waals surface area contributed by atoms with Crippen molar-refractivity contribution < 1.29 is 4.79 Å². The van der Waals surface area contributed by atoms with Crippen LogP contribution in [-0.2, 0) is 4.79 Å². The maximum absolute atomic E-state index is 12.3. The Bertz CT molecular complexity index is 300. The third-order valence-electron chi connectivity index (χ3n) is 5.13. The van der Waals surface area contributed by atoms with Crippen LogP contribution in [0.1, 0.15) is 51.9 Å². The highest BCUT2D eigenvalue weighted by Gasteiger charge is 2.32. The van der Waals surface area contributed by atoms with E-state index in [4.69, 9.17) is 5.73 Å². The fourth-order valence-electron chi connectivity index (χ4n) is 3.60. The lowest BCUT2D eigenvalue weighted by atomic mass is 9.77. The molecule has 2 fully saturated rings. The van der Waals surface area contributed by atoms with Crippen molar-refractivity contribution in [1.82, 2.24) is 10.2 Å². The van der Waals surface area contributed by atoms with Gasteiger partial charge in [-0.1, -0.05) is 26.2 Å². The molecule has 0 spiro atoms. The number of likely N-dealkylation sites (tertiary alicyclic amines) is 1. The molecule has 0 bridgehead atoms. The molecule has 116 valence electrons. The zero-order valence-electron chi connectivity index (χ0n) is 12.9. The van der Waals surface area contributed by atoms with Gasteiger partial charge in [-0.25, -0.2) is 0 Å². The van der Waals surface area contributed by atoms with Gasteiger partial charge >= 0.3 is 0 Å². The third kappa shape index (κ3) is 4.45. The van der Waals surface area contributed by atoms with Gasteiger partial charge in [0.05, 0.1) is 0 Å². The van der Waals surface area contributed by atoms with E-state index in [9.17, 15) is 4.79 Å². The van der Waals surface area contributed by atoms with E-state index in [-0.39, 0.29) is 17.9 Å². The summed E-state index contributed by atoms with van der Waals surface area (Å²) in [4.78, 5) is 14.8. The van der Waals surface area contributed by atoms with Crippen LogP contribution in [0.3, 0.4) is 0 Å². The van der Waals surface area contributed by atoms with Crippen LogP contribution in [0.4, 0.5) is 0 Å². The molecule has 20 heavy (non-hydrogen) atoms. The van der Waals surface area contributed by atoms with Crippen molar-refractivity contribution in [3.05, 3.63) is 0 Å². The Morgan fingerprint density at radius 2 is 1.85 bits per heavy atom. The average Bonchev–Trinajstić information content (AvgIpc) is 2.70. The molecule has 3 unspecified atom stereocenters. The second kappa shape index (κ2) is 7.99. The predicted molar refractivity (Wildman–Crippen MR) is 82.4 cm³/mol. The second-order valence-corrected chi connectivity index (χ2v) is 6.61. The number of carbonyl (C=O) groups is 1. The molecular formula is C16H31N3O. The molecule has 0 aromatic heterocycles. The van der Waals surface area contributed by atoms with Gasteiger partial charge in [0.1, 0.15) is 0 Å². The Morgan fingerprint density at radius 3 is 2.55 bits per heavy atom. The normalized spacial score (nSPS) is 32.6. The van der Waals surface area contributed by atoms with E-state index in [2.05, 4.69) is 17.1 Å². The number of rotatable bonds is 4. The van der Waals surface area contributed by atoms with Crippen molar-refractivity contribution in [2.75, 3.05) is 26.2 Å². The maximum Gasteiger partial charge on any atom is 0.223 e. The van der Waals surface area contributed by atoms with E-state index in [1.165, 1.54) is 38.8 Å². The molecule has 4 heteroatoms. The monoisotopic (exact) mass is 281 g/mol. The first-order chi connectivity index (χ1) is 9.68. The molecule has 0 aromatic rings. The van der Waals surface area contributed by atoms with Gasteiger partial charge in [-0.15, -0.1) is 0 Å². The van der Waals surface area contributed by atoms with E-state index in [0.29, 0.717) is 5.92 Å². The number of nitrogens with two attached hydrogens (primary N) is 1. The van der Waals surface area contributed by atoms with E-state index in [0.717, 1.165) is 32.4 Å². The van der Waals surface area contributed by atoms with Gasteiger partial charge in [-0.2, -0.15) is 0 Å². The lowest BCUT2D eigenvalue weighted by molar-refractivity contribution is -0.127. The minimum Gasteiger partial charge on any atom is -0.355 e. The molecular weight excluding hydrogens is 250 g/mol. The Kier molecular flexibility index (Phi) is 6.30. The first-order valence-corrected chi connectivity index (χ1v) is 8.44. The molecule has 3 N–H and O–H groups in total. The Balaban J connectivity index is 1.69. The van der Waals surface area contributed by atoms with Crippen LogP contribution < -0.4 is 11.1 Å². The van der Waals surface area contributed by atoms with Gasteiger partial charge < -0.3 is 16.0 Å². The Morgan fingerprint density at radius 1 is 1.15 bits per heavy atom. The number of nitrogens with one attached hydrogen (secondary N) is 1. The molecule has 1 amide bonds. The Hall–Kier alpha value is -0.610. The molecule has 2 aliphatic rings. The number of amides is 1. The third-order valence-corrected chi connectivity index (χ3v) is 5.13. The molecule has 1 aliphatic carbocycles. The molecule has 2 rings (SSSR count). The molecule has 0 radical (unpaired) electrons. The molecule has 1 heterocycles. The highest BCUT2D eigenvalue weighted by molar-refractivity contribution is 5.79. The summed E-state index contributed by atoms with van der Waals surface area (Å²) in [5.74, 6) is 0.673. The van der Waals surface area contributed by atoms with Crippen molar-refractivity contribution in [1.29, 1.82) is 0 Å². The molecule has 4 nitrogen and oxygen atoms in total. The van der Waals surface area contributed by atoms with Gasteiger partial charge in [0.25, 0.3) is 0 Å². The van der Waals surface area contributed by atoms with Crippen molar-refractivity contribution in [3.63, 3.8) is 0 Å². The summed E-state index contributed by atoms with van der Waals surface area (Å²) in [6.07, 6.45) is 8.50. The minimum atomic E-state index is 0.128. The summed E-state index contributed by atoms with van der Waals surface area (Å²) in [7, 11) is 0. The summed E-state index contributed by atoms with van der Waals surface area (Å²) >= 11 is 0. The first-order valence-electron chi connectivity index (χ1n) is 8.44. The first kappa shape index (κ1) is 15.8. The Labute approximate surface area is 123 Å². The van der Waals surface area contributed by atoms with Crippen LogP contribution in [0.2, 0.25) is 0 Å². The van der Waals surface area contributed by atoms with Crippen molar-refractivity contribution >= 4 is 5.91 Å². The van der Waals surface area contributed by atoms with E-state index >= 15 is 0 Å². The smallest absolute Gasteiger partial charge is 0.223 e. The van der Waals surface area contributed by atoms with Gasteiger partial charge in [0, 0.05) is 25.0 Å². The highest BCUT2D eigenvalue weighted by Crippen LogP contribution is 2.28. The van der Waals surface area contributed by atoms with Crippen molar-refractivity contribution in [2.45, 2.75) is 57.9 Å². The SMILES string of the molecule is CC1C(N)CCCC1C(=O)NCCN1CCCCCC1. The zero-order chi connectivity index (χ0) is 14.4. The molecule has 3 atom stereocenters. The number of hydrogen-bond acceptors (Lipinski definition) is 3. The largest absolute Gasteiger partial charge is 0.355 e. The van der Waals surface area contributed by atoms with Gasteiger partial charge in [0.15, 0.2) is 0 Å². The standard InChI is InChI=1S/C16H31N3O/c1-13-14(7-6-8-15(13)17)16(20)18-9-12-19-10-4-2-3-5-11-19/h13-15H,2-12,17H2,1H3,(H,18,20). The lowest BCUT2D eigenvalue weighted by Crippen LogP contribution is -2.45. The average molecular weight is 281 g/mol. The summed E-state index contributed by atoms with van der Waals surface area (Å²) < 4.78 is 0. The topological polar surface area (TPSA) is 58.4 Å². The van der Waals surface area contributed by atoms with Crippen LogP contribution in [-0.4, -0.2) is 43.0 Å². The highest BCUT2D eigenvalue weighted by atomic mass is 16.1. The maximum atomic E-state index is 12.3. The van der Waals surface area contributed by atoms with Crippen LogP contribution in [0.15, 0.2) is 0 Å². The van der Waals surface area contributed by atoms with E-state index < -0.39 is 0 Å². The number of nitrogens with zero attached hydrogens (tertiary/aromatic N) is 1. The second-order valence-electron chi connectivity index (χ2n) is 6.61. The number of hydrogen-bond donors (Lipinski definition) is 2. The van der Waals surface area contributed by atoms with Gasteiger partial charge in [-0.3, -0.25) is 4.79 Å². The minimum absolute atomic E-state index is 0.128. The summed E-state index contributed by atoms with van der Waals surface area (Å²) in [5, 5.41) is 3.13. The molecule has 1 saturated heterocycles. The van der Waals surface area contributed by atoms with E-state index in [1.807, 2.05) is 0 Å². The van der Waals surface area contributed by atoms with Crippen LogP contribution in [0.5, 0.6) is 0 Å². The predicted octanol–water partition coefficient (Wildman–Crippen LogP) is 1.74. The lowest BCUT2D eigenvalue weighted by Gasteiger charge is -2.33. The van der Waals surface area contributed by atoms with Crippen LogP contribution in [0, 0.1) is 11.8 Å². The van der Waals surface area contributed by atoms with Gasteiger partial charge in [-0.05, 0) is 44.7 Å². The van der Waals surface area contributed by atoms with Crippen molar-refractivity contribution in [3.8, 4) is 0 Å². The number of carbonyl (C=O) groups excluding carboxylic acids is 1. The fraction of sp³-hybridized carbons (Fsp3) is 0.938. The van der Waals surface area contributed by atoms with Crippen LogP contribution >= 0.6 is 0 Å². The molecule has 1 aliphatic heterocycles. The molecule has 0 aromatic carbocycles. The van der Waals surface area contributed by atoms with E-state index in [1.54, 1.807) is 0 Å². The zero-order valence-corrected chi connectivity index (χ0v) is 12.9. The quantitative estimate of drug-likeness (QED) is 0.825. The summed E-state index contributed by atoms with van der Waals surface area (Å²) in [5.41, 5.74) is 6.08. The summed E-state index contributed by atoms with van der Waals surface area (Å²) in [6, 6.07) is 0.199. The summed E-state index contributed by atoms with van der Waals surface area (Å²) in [6.45, 7) is 6.31. The fourth-order valence-corrected chi connectivity index (χ4v) is 3.60. The van der Waals surface area contributed by atoms with Crippen molar-refractivity contribution in [2.24, 2.45) is 17.6 Å².